The van der Waals surface area contributed by atoms with Gasteiger partial charge in [0.2, 0.25) is 11.5 Å². The van der Waals surface area contributed by atoms with E-state index in [1.54, 1.807) is 0 Å². The number of nitrogens with zero attached hydrogens (tertiary/aromatic N) is 2. The normalized spacial score (nSPS) is 12.3. The summed E-state index contributed by atoms with van der Waals surface area (Å²) in [5, 5.41) is 9.12. The lowest BCUT2D eigenvalue weighted by Crippen LogP contribution is -2.28. The molecule has 0 saturated heterocycles. The Bertz CT molecular complexity index is 365. The Morgan fingerprint density at radius 1 is 1.60 bits per heavy atom. The van der Waals surface area contributed by atoms with E-state index >= 15 is 0 Å². The highest BCUT2D eigenvalue weighted by Crippen LogP contribution is 2.02. The zero-order valence-corrected chi connectivity index (χ0v) is 9.04. The number of rotatable bonds is 5. The van der Waals surface area contributed by atoms with E-state index in [9.17, 15) is 9.00 Å². The van der Waals surface area contributed by atoms with E-state index < -0.39 is 16.7 Å². The van der Waals surface area contributed by atoms with Gasteiger partial charge in [-0.2, -0.15) is 0 Å². The van der Waals surface area contributed by atoms with Gasteiger partial charge in [0, 0.05) is 28.9 Å². The van der Waals surface area contributed by atoms with Crippen molar-refractivity contribution in [1.82, 2.24) is 15.6 Å². The van der Waals surface area contributed by atoms with Gasteiger partial charge in [-0.25, -0.2) is 4.63 Å². The fourth-order valence-electron chi connectivity index (χ4n) is 0.859. The molecule has 1 heterocycles. The average Bonchev–Trinajstić information content (AvgIpc) is 2.64. The molecule has 0 aromatic carbocycles. The predicted molar refractivity (Wildman–Crippen MR) is 54.6 cm³/mol. The maximum Gasteiger partial charge on any atom is 0.277 e. The molecule has 0 aliphatic rings. The van der Waals surface area contributed by atoms with Crippen LogP contribution in [-0.2, 0) is 10.8 Å². The maximum absolute atomic E-state index is 11.3. The molecule has 1 aromatic heterocycles. The Morgan fingerprint density at radius 2 is 2.33 bits per heavy atom. The second kappa shape index (κ2) is 5.44. The third-order valence-electron chi connectivity index (χ3n) is 1.67. The van der Waals surface area contributed by atoms with Crippen molar-refractivity contribution in [2.24, 2.45) is 0 Å². The molecule has 1 rings (SSSR count). The second-order valence-corrected chi connectivity index (χ2v) is 4.55. The molecule has 0 radical (unpaired) electrons. The number of amides is 1. The summed E-state index contributed by atoms with van der Waals surface area (Å²) in [5.74, 6) is 0.461. The number of carbonyl (C=O) groups is 1. The highest BCUT2D eigenvalue weighted by Gasteiger charge is 2.15. The lowest BCUT2D eigenvalue weighted by atomic mass is 10.4. The minimum atomic E-state index is -0.901. The third-order valence-corrected chi connectivity index (χ3v) is 2.97. The highest BCUT2D eigenvalue weighted by molar-refractivity contribution is 7.84. The van der Waals surface area contributed by atoms with Crippen molar-refractivity contribution >= 4 is 22.5 Å². The number of nitrogen functional groups attached to an aromatic ring is 1. The molecule has 8 heteroatoms. The molecule has 0 aliphatic heterocycles. The van der Waals surface area contributed by atoms with Gasteiger partial charge in [0.25, 0.3) is 5.91 Å². The first-order valence-electron chi connectivity index (χ1n) is 4.36. The summed E-state index contributed by atoms with van der Waals surface area (Å²) in [4.78, 5) is 11.3. The molecule has 84 valence electrons. The summed E-state index contributed by atoms with van der Waals surface area (Å²) in [6.45, 7) is 2.13. The Morgan fingerprint density at radius 3 is 2.87 bits per heavy atom. The number of nitrogens with two attached hydrogens (primary N) is 1. The highest BCUT2D eigenvalue weighted by atomic mass is 32.2. The zero-order chi connectivity index (χ0) is 11.3. The molecule has 1 aromatic rings. The summed E-state index contributed by atoms with van der Waals surface area (Å²) < 4.78 is 15.3. The molecule has 0 saturated carbocycles. The largest absolute Gasteiger partial charge is 0.379 e. The van der Waals surface area contributed by atoms with Crippen molar-refractivity contribution in [1.29, 1.82) is 0 Å². The molecule has 0 fully saturated rings. The summed E-state index contributed by atoms with van der Waals surface area (Å²) >= 11 is 0. The molecular weight excluding hydrogens is 220 g/mol. The molecule has 1 atom stereocenters. The van der Waals surface area contributed by atoms with Gasteiger partial charge in [-0.3, -0.25) is 9.00 Å². The Labute approximate surface area is 88.8 Å². The lowest BCUT2D eigenvalue weighted by Gasteiger charge is -2.01. The van der Waals surface area contributed by atoms with Crippen molar-refractivity contribution in [3.63, 3.8) is 0 Å². The molecule has 15 heavy (non-hydrogen) atoms. The van der Waals surface area contributed by atoms with Gasteiger partial charge in [0.1, 0.15) is 0 Å². The van der Waals surface area contributed by atoms with Crippen LogP contribution in [0.5, 0.6) is 0 Å². The number of nitrogens with one attached hydrogen (secondary N) is 1. The van der Waals surface area contributed by atoms with E-state index in [2.05, 4.69) is 20.3 Å². The van der Waals surface area contributed by atoms with Crippen LogP contribution in [0.2, 0.25) is 0 Å². The van der Waals surface area contributed by atoms with Gasteiger partial charge in [-0.05, 0) is 10.3 Å². The molecule has 1 unspecified atom stereocenters. The van der Waals surface area contributed by atoms with Crippen molar-refractivity contribution in [2.45, 2.75) is 6.92 Å². The standard InChI is InChI=1S/C7H12N4O3S/c1-2-15(13)4-3-9-7(12)5-6(8)11-14-10-5/h2-4H2,1H3,(H2,8,11)(H,9,12). The van der Waals surface area contributed by atoms with Crippen molar-refractivity contribution in [3.8, 4) is 0 Å². The van der Waals surface area contributed by atoms with Crippen LogP contribution in [0.15, 0.2) is 4.63 Å². The minimum absolute atomic E-state index is 0.0442. The van der Waals surface area contributed by atoms with Crippen LogP contribution < -0.4 is 11.1 Å². The van der Waals surface area contributed by atoms with Crippen LogP contribution >= 0.6 is 0 Å². The molecule has 0 spiro atoms. The van der Waals surface area contributed by atoms with E-state index in [0.29, 0.717) is 18.1 Å². The first-order valence-corrected chi connectivity index (χ1v) is 5.85. The van der Waals surface area contributed by atoms with Gasteiger partial charge in [0.05, 0.1) is 0 Å². The van der Waals surface area contributed by atoms with E-state index in [-0.39, 0.29) is 11.5 Å². The van der Waals surface area contributed by atoms with E-state index in [1.807, 2.05) is 6.92 Å². The fraction of sp³-hybridized carbons (Fsp3) is 0.571. The second-order valence-electron chi connectivity index (χ2n) is 2.69. The van der Waals surface area contributed by atoms with Crippen molar-refractivity contribution in [2.75, 3.05) is 23.8 Å². The van der Waals surface area contributed by atoms with E-state index in [4.69, 9.17) is 5.73 Å². The van der Waals surface area contributed by atoms with Gasteiger partial charge in [-0.15, -0.1) is 0 Å². The summed E-state index contributed by atoms with van der Waals surface area (Å²) in [7, 11) is -0.901. The van der Waals surface area contributed by atoms with Gasteiger partial charge < -0.3 is 11.1 Å². The quantitative estimate of drug-likeness (QED) is 0.684. The fourth-order valence-corrected chi connectivity index (χ4v) is 1.48. The van der Waals surface area contributed by atoms with Gasteiger partial charge >= 0.3 is 0 Å². The van der Waals surface area contributed by atoms with E-state index in [0.717, 1.165) is 0 Å². The summed E-state index contributed by atoms with van der Waals surface area (Å²) in [5.41, 5.74) is 5.27. The number of anilines is 1. The van der Waals surface area contributed by atoms with Crippen molar-refractivity contribution in [3.05, 3.63) is 5.69 Å². The Kier molecular flexibility index (Phi) is 4.22. The number of aromatic nitrogens is 2. The first kappa shape index (κ1) is 11.6. The van der Waals surface area contributed by atoms with Crippen LogP contribution in [-0.4, -0.2) is 38.5 Å². The molecule has 7 nitrogen and oxygen atoms in total. The predicted octanol–water partition coefficient (Wildman–Crippen LogP) is -0.850. The number of hydrogen-bond donors (Lipinski definition) is 2. The van der Waals surface area contributed by atoms with Crippen molar-refractivity contribution < 1.29 is 13.6 Å². The molecule has 0 bridgehead atoms. The monoisotopic (exact) mass is 232 g/mol. The molecular formula is C7H12N4O3S. The van der Waals surface area contributed by atoms with Gasteiger partial charge in [0.15, 0.2) is 0 Å². The third kappa shape index (κ3) is 3.31. The molecule has 1 amide bonds. The lowest BCUT2D eigenvalue weighted by molar-refractivity contribution is 0.0947. The maximum atomic E-state index is 11.3. The van der Waals surface area contributed by atoms with Gasteiger partial charge in [-0.1, -0.05) is 6.92 Å². The topological polar surface area (TPSA) is 111 Å². The van der Waals surface area contributed by atoms with E-state index in [1.165, 1.54) is 0 Å². The summed E-state index contributed by atoms with van der Waals surface area (Å²) in [6, 6.07) is 0. The molecule has 0 aliphatic carbocycles. The van der Waals surface area contributed by atoms with Crippen LogP contribution in [0.3, 0.4) is 0 Å². The Balaban J connectivity index is 2.38. The van der Waals surface area contributed by atoms with Crippen LogP contribution in [0.25, 0.3) is 0 Å². The van der Waals surface area contributed by atoms with Crippen LogP contribution in [0.1, 0.15) is 17.4 Å². The number of hydrogen-bond acceptors (Lipinski definition) is 6. The SMILES string of the molecule is CCS(=O)CCNC(=O)c1nonc1N. The minimum Gasteiger partial charge on any atom is -0.379 e. The van der Waals surface area contributed by atoms with Crippen LogP contribution in [0.4, 0.5) is 5.82 Å². The zero-order valence-electron chi connectivity index (χ0n) is 8.23. The summed E-state index contributed by atoms with van der Waals surface area (Å²) in [6.07, 6.45) is 0. The Hall–Kier alpha value is -1.44. The number of carbonyl (C=O) groups excluding carboxylic acids is 1. The smallest absolute Gasteiger partial charge is 0.277 e. The first-order chi connectivity index (χ1) is 7.15. The molecule has 3 N–H and O–H groups in total. The average molecular weight is 232 g/mol. The van der Waals surface area contributed by atoms with Crippen LogP contribution in [0, 0.1) is 0 Å².